The zero-order chi connectivity index (χ0) is 26.1. The Hall–Kier alpha value is -2.21. The van der Waals surface area contributed by atoms with E-state index in [1.807, 2.05) is 0 Å². The molecule has 36 heavy (non-hydrogen) atoms. The summed E-state index contributed by atoms with van der Waals surface area (Å²) in [6.45, 7) is 1.80. The lowest BCUT2D eigenvalue weighted by Gasteiger charge is -2.39. The maximum absolute atomic E-state index is 12.3. The number of piperidine rings is 1. The smallest absolute Gasteiger partial charge is 0.330 e. The number of nitrogens with one attached hydrogen (secondary N) is 3. The van der Waals surface area contributed by atoms with Gasteiger partial charge in [0.05, 0.1) is 0 Å². The highest BCUT2D eigenvalue weighted by molar-refractivity contribution is 5.73. The Morgan fingerprint density at radius 1 is 1.22 bits per heavy atom. The van der Waals surface area contributed by atoms with Crippen LogP contribution >= 0.6 is 0 Å². The molecule has 3 saturated heterocycles. The molecular weight excluding hydrogens is 482 g/mol. The molecule has 3 aliphatic rings. The van der Waals surface area contributed by atoms with Crippen LogP contribution in [0.5, 0.6) is 0 Å². The molecule has 4 heterocycles. The SMILES string of the molecule is CC(=O)N[C@@H]1CCN[C@@H]([C@@H](O[C@@H]2O[C@H](CN)[C@@H](O)[C@H]2O)[C@H]2O[C@@H](n3ccc(=O)[nH]c3=O)[C@H](O)[C@@H]2O)C1. The van der Waals surface area contributed by atoms with Crippen molar-refractivity contribution >= 4 is 5.91 Å². The Labute approximate surface area is 205 Å². The lowest BCUT2D eigenvalue weighted by molar-refractivity contribution is -0.228. The van der Waals surface area contributed by atoms with Gasteiger partial charge < -0.3 is 51.0 Å². The first-order chi connectivity index (χ1) is 17.1. The maximum Gasteiger partial charge on any atom is 0.330 e. The van der Waals surface area contributed by atoms with E-state index in [1.54, 1.807) is 0 Å². The van der Waals surface area contributed by atoms with Crippen LogP contribution in [0.15, 0.2) is 21.9 Å². The summed E-state index contributed by atoms with van der Waals surface area (Å²) in [6, 6.07) is 0.291. The number of hydrogen-bond donors (Lipinski definition) is 8. The third-order valence-electron chi connectivity index (χ3n) is 6.81. The molecule has 1 aromatic rings. The van der Waals surface area contributed by atoms with Crippen LogP contribution in [0.2, 0.25) is 0 Å². The molecule has 0 aromatic carbocycles. The van der Waals surface area contributed by atoms with Crippen LogP contribution in [0.4, 0.5) is 0 Å². The van der Waals surface area contributed by atoms with E-state index in [0.717, 1.165) is 16.8 Å². The summed E-state index contributed by atoms with van der Waals surface area (Å²) in [7, 11) is 0. The van der Waals surface area contributed by atoms with Crippen LogP contribution < -0.4 is 27.6 Å². The van der Waals surface area contributed by atoms with Crippen molar-refractivity contribution < 1.29 is 39.4 Å². The molecule has 3 fully saturated rings. The summed E-state index contributed by atoms with van der Waals surface area (Å²) in [5.74, 6) is -0.216. The van der Waals surface area contributed by atoms with Crippen LogP contribution in [0.25, 0.3) is 0 Å². The van der Waals surface area contributed by atoms with Gasteiger partial charge in [0.15, 0.2) is 12.5 Å². The summed E-state index contributed by atoms with van der Waals surface area (Å²) in [4.78, 5) is 37.4. The first kappa shape index (κ1) is 26.8. The number of aliphatic hydroxyl groups excluding tert-OH is 4. The number of carbonyl (C=O) groups is 1. The number of aromatic nitrogens is 2. The van der Waals surface area contributed by atoms with Crippen molar-refractivity contribution in [2.24, 2.45) is 5.73 Å². The number of carbonyl (C=O) groups excluding carboxylic acids is 1. The summed E-state index contributed by atoms with van der Waals surface area (Å²) < 4.78 is 18.5. The van der Waals surface area contributed by atoms with E-state index in [4.69, 9.17) is 19.9 Å². The molecule has 4 rings (SSSR count). The third-order valence-corrected chi connectivity index (χ3v) is 6.81. The molecule has 0 bridgehead atoms. The van der Waals surface area contributed by atoms with Gasteiger partial charge in [0, 0.05) is 37.8 Å². The van der Waals surface area contributed by atoms with Crippen LogP contribution in [0.3, 0.4) is 0 Å². The second-order valence-corrected chi connectivity index (χ2v) is 9.33. The number of nitrogens with two attached hydrogens (primary N) is 1. The Morgan fingerprint density at radius 2 is 1.97 bits per heavy atom. The van der Waals surface area contributed by atoms with Crippen molar-refractivity contribution in [3.63, 3.8) is 0 Å². The zero-order valence-corrected chi connectivity index (χ0v) is 19.6. The Balaban J connectivity index is 1.61. The van der Waals surface area contributed by atoms with Gasteiger partial charge >= 0.3 is 5.69 Å². The third kappa shape index (κ3) is 5.39. The van der Waals surface area contributed by atoms with E-state index >= 15 is 0 Å². The summed E-state index contributed by atoms with van der Waals surface area (Å²) in [6.07, 6.45) is -9.63. The molecule has 15 nitrogen and oxygen atoms in total. The number of nitrogens with zero attached hydrogens (tertiary/aromatic N) is 1. The van der Waals surface area contributed by atoms with Crippen LogP contribution in [0.1, 0.15) is 26.0 Å². The van der Waals surface area contributed by atoms with Crippen molar-refractivity contribution in [1.29, 1.82) is 0 Å². The molecule has 0 radical (unpaired) electrons. The average molecular weight is 516 g/mol. The zero-order valence-electron chi connectivity index (χ0n) is 19.6. The largest absolute Gasteiger partial charge is 0.387 e. The standard InChI is InChI=1S/C21H33N5O10/c1-8(27)24-9-2-4-23-10(6-9)17(36-20-16(32)13(29)11(7-22)34-20)18-14(30)15(31)19(35-18)26-5-3-12(28)25-21(26)33/h3,5,9-11,13-20,23,29-32H,2,4,6-7,22H2,1H3,(H,24,27)(H,25,28,33)/t9-,10-,11-,13-,14+,15-,16-,17-,18+,19-,20+/m1/s1. The van der Waals surface area contributed by atoms with Gasteiger partial charge in [-0.05, 0) is 19.4 Å². The maximum atomic E-state index is 12.3. The van der Waals surface area contributed by atoms with Gasteiger partial charge in [0.2, 0.25) is 5.91 Å². The van der Waals surface area contributed by atoms with Gasteiger partial charge in [-0.3, -0.25) is 19.1 Å². The minimum absolute atomic E-state index is 0.0759. The number of H-pyrrole nitrogens is 1. The quantitative estimate of drug-likeness (QED) is 0.171. The lowest BCUT2D eigenvalue weighted by atomic mass is 9.90. The molecular formula is C21H33N5O10. The lowest BCUT2D eigenvalue weighted by Crippen LogP contribution is -2.58. The molecule has 9 N–H and O–H groups in total. The van der Waals surface area contributed by atoms with Crippen LogP contribution in [-0.2, 0) is 19.0 Å². The van der Waals surface area contributed by atoms with Gasteiger partial charge in [-0.25, -0.2) is 4.79 Å². The van der Waals surface area contributed by atoms with Crippen molar-refractivity contribution in [2.75, 3.05) is 13.1 Å². The summed E-state index contributed by atoms with van der Waals surface area (Å²) >= 11 is 0. The Kier molecular flexibility index (Phi) is 8.23. The van der Waals surface area contributed by atoms with E-state index in [1.165, 1.54) is 6.92 Å². The molecule has 0 unspecified atom stereocenters. The van der Waals surface area contributed by atoms with E-state index < -0.39 is 72.5 Å². The van der Waals surface area contributed by atoms with E-state index in [2.05, 4.69) is 15.6 Å². The fraction of sp³-hybridized carbons (Fsp3) is 0.762. The van der Waals surface area contributed by atoms with Crippen LogP contribution in [0, 0.1) is 0 Å². The number of ether oxygens (including phenoxy) is 3. The van der Waals surface area contributed by atoms with Gasteiger partial charge in [-0.1, -0.05) is 0 Å². The molecule has 0 saturated carbocycles. The molecule has 0 spiro atoms. The van der Waals surface area contributed by atoms with E-state index in [0.29, 0.717) is 19.4 Å². The molecule has 1 aromatic heterocycles. The minimum atomic E-state index is -1.57. The summed E-state index contributed by atoms with van der Waals surface area (Å²) in [5, 5.41) is 48.4. The fourth-order valence-corrected chi connectivity index (χ4v) is 5.01. The second kappa shape index (κ2) is 11.0. The average Bonchev–Trinajstić information content (AvgIpc) is 3.27. The number of hydrogen-bond acceptors (Lipinski definition) is 12. The van der Waals surface area contributed by atoms with Gasteiger partial charge in [0.1, 0.15) is 42.7 Å². The van der Waals surface area contributed by atoms with Crippen LogP contribution in [-0.4, -0.2) is 110 Å². The van der Waals surface area contributed by atoms with Crippen molar-refractivity contribution in [3.05, 3.63) is 33.1 Å². The number of amides is 1. The number of aliphatic hydroxyl groups is 4. The van der Waals surface area contributed by atoms with Crippen molar-refractivity contribution in [2.45, 2.75) is 87.1 Å². The molecule has 3 aliphatic heterocycles. The summed E-state index contributed by atoms with van der Waals surface area (Å²) in [5.41, 5.74) is 4.11. The Bertz CT molecular complexity index is 1030. The van der Waals surface area contributed by atoms with E-state index in [9.17, 15) is 34.8 Å². The minimum Gasteiger partial charge on any atom is -0.387 e. The molecule has 15 heteroatoms. The van der Waals surface area contributed by atoms with Gasteiger partial charge in [0.25, 0.3) is 5.56 Å². The highest BCUT2D eigenvalue weighted by Crippen LogP contribution is 2.35. The van der Waals surface area contributed by atoms with Crippen molar-refractivity contribution in [3.8, 4) is 0 Å². The van der Waals surface area contributed by atoms with Crippen molar-refractivity contribution in [1.82, 2.24) is 20.2 Å². The second-order valence-electron chi connectivity index (χ2n) is 9.33. The Morgan fingerprint density at radius 3 is 2.61 bits per heavy atom. The number of rotatable bonds is 7. The predicted molar refractivity (Wildman–Crippen MR) is 120 cm³/mol. The molecule has 0 aliphatic carbocycles. The van der Waals surface area contributed by atoms with Gasteiger partial charge in [-0.2, -0.15) is 0 Å². The first-order valence-electron chi connectivity index (χ1n) is 11.8. The highest BCUT2D eigenvalue weighted by Gasteiger charge is 2.53. The monoisotopic (exact) mass is 515 g/mol. The molecule has 11 atom stereocenters. The fourth-order valence-electron chi connectivity index (χ4n) is 5.01. The topological polar surface area (TPSA) is 231 Å². The highest BCUT2D eigenvalue weighted by atomic mass is 16.7. The molecule has 202 valence electrons. The predicted octanol–water partition coefficient (Wildman–Crippen LogP) is -4.80. The first-order valence-corrected chi connectivity index (χ1v) is 11.8. The van der Waals surface area contributed by atoms with E-state index in [-0.39, 0.29) is 18.5 Å². The van der Waals surface area contributed by atoms with Gasteiger partial charge in [-0.15, -0.1) is 0 Å². The normalized spacial score (nSPS) is 39.7. The number of aromatic amines is 1. The molecule has 1 amide bonds.